The second-order valence-electron chi connectivity index (χ2n) is 4.63. The maximum atomic E-state index is 13.6. The fraction of sp³-hybridized carbons (Fsp3) is 0.0667. The van der Waals surface area contributed by atoms with Gasteiger partial charge in [0.1, 0.15) is 16.9 Å². The van der Waals surface area contributed by atoms with Crippen LogP contribution in [-0.4, -0.2) is 24.2 Å². The Kier molecular flexibility index (Phi) is 5.50. The number of benzene rings is 2. The minimum absolute atomic E-state index is 0.0556. The minimum atomic E-state index is -2.42. The predicted molar refractivity (Wildman–Crippen MR) is 78.8 cm³/mol. The average Bonchev–Trinajstić information content (AvgIpc) is 2.60. The maximum absolute atomic E-state index is 13.6. The van der Waals surface area contributed by atoms with E-state index >= 15 is 0 Å². The molecule has 0 saturated heterocycles. The number of methoxy groups -OCH3 is 1. The van der Waals surface area contributed by atoms with Crippen LogP contribution in [-0.2, 0) is 0 Å². The van der Waals surface area contributed by atoms with Gasteiger partial charge in [-0.2, -0.15) is 8.78 Å². The first-order valence-electron chi connectivity index (χ1n) is 6.44. The van der Waals surface area contributed by atoms with E-state index in [1.165, 1.54) is 0 Å². The van der Waals surface area contributed by atoms with Crippen molar-refractivity contribution < 1.29 is 46.1 Å². The third-order valence-electron chi connectivity index (χ3n) is 3.07. The number of hydrogen-bond donors (Lipinski definition) is 1. The second kappa shape index (κ2) is 7.28. The number of carbonyl (C=O) groups excluding carboxylic acids is 1. The van der Waals surface area contributed by atoms with Gasteiger partial charge in [0.25, 0.3) is 0 Å². The summed E-state index contributed by atoms with van der Waals surface area (Å²) in [7, 11) is 1.00. The summed E-state index contributed by atoms with van der Waals surface area (Å²) in [4.78, 5) is 23.3. The number of hydrogen-bond acceptors (Lipinski definition) is 4. The fourth-order valence-corrected chi connectivity index (χ4v) is 2.40. The van der Waals surface area contributed by atoms with Gasteiger partial charge in [0.2, 0.25) is 34.8 Å². The van der Waals surface area contributed by atoms with E-state index in [2.05, 4.69) is 20.7 Å². The molecule has 0 spiro atoms. The average molecular weight is 441 g/mol. The minimum Gasteiger partial charge on any atom is -0.495 e. The summed E-state index contributed by atoms with van der Waals surface area (Å²) in [6.07, 6.45) is 0. The van der Waals surface area contributed by atoms with Crippen molar-refractivity contribution in [2.24, 2.45) is 0 Å². The van der Waals surface area contributed by atoms with E-state index in [0.717, 1.165) is 19.2 Å². The molecule has 138 valence electrons. The van der Waals surface area contributed by atoms with E-state index in [1.54, 1.807) is 0 Å². The molecule has 0 bridgehead atoms. The first-order chi connectivity index (χ1) is 12.1. The number of carbonyl (C=O) groups is 2. The summed E-state index contributed by atoms with van der Waals surface area (Å²) in [6.45, 7) is 0. The molecule has 0 fully saturated rings. The van der Waals surface area contributed by atoms with Crippen LogP contribution in [0.2, 0.25) is 0 Å². The molecule has 2 rings (SSSR count). The first kappa shape index (κ1) is 19.6. The quantitative estimate of drug-likeness (QED) is 0.255. The van der Waals surface area contributed by atoms with E-state index in [0.29, 0.717) is 0 Å². The molecule has 2 aromatic rings. The molecule has 2 aromatic carbocycles. The molecule has 11 heteroatoms. The highest BCUT2D eigenvalue weighted by Crippen LogP contribution is 2.33. The van der Waals surface area contributed by atoms with Crippen LogP contribution in [0.1, 0.15) is 20.7 Å². The lowest BCUT2D eigenvalue weighted by atomic mass is 10.1. The molecular weight excluding hydrogens is 435 g/mol. The molecule has 0 atom stereocenters. The van der Waals surface area contributed by atoms with Gasteiger partial charge >= 0.3 is 11.9 Å². The van der Waals surface area contributed by atoms with Gasteiger partial charge in [0.05, 0.1) is 7.11 Å². The monoisotopic (exact) mass is 440 g/mol. The number of halogens is 6. The van der Waals surface area contributed by atoms with Gasteiger partial charge in [0.15, 0.2) is 0 Å². The number of aromatic carboxylic acids is 1. The molecule has 0 aromatic heterocycles. The summed E-state index contributed by atoms with van der Waals surface area (Å²) in [5.74, 6) is -17.2. The zero-order valence-electron chi connectivity index (χ0n) is 12.5. The van der Waals surface area contributed by atoms with Gasteiger partial charge in [-0.15, -0.1) is 0 Å². The van der Waals surface area contributed by atoms with Gasteiger partial charge in [-0.3, -0.25) is 0 Å². The Bertz CT molecular complexity index is 902. The number of rotatable bonds is 4. The van der Waals surface area contributed by atoms with Crippen LogP contribution >= 0.6 is 15.9 Å². The molecule has 1 N–H and O–H groups in total. The highest BCUT2D eigenvalue weighted by Gasteiger charge is 2.30. The highest BCUT2D eigenvalue weighted by atomic mass is 79.9. The van der Waals surface area contributed by atoms with Gasteiger partial charge in [0, 0.05) is 4.47 Å². The van der Waals surface area contributed by atoms with Gasteiger partial charge in [-0.1, -0.05) is 15.9 Å². The van der Waals surface area contributed by atoms with Crippen molar-refractivity contribution >= 4 is 27.9 Å². The predicted octanol–water partition coefficient (Wildman–Crippen LogP) is 4.07. The van der Waals surface area contributed by atoms with Crippen LogP contribution < -0.4 is 9.47 Å². The molecular formula is C15H6BrF5O5. The summed E-state index contributed by atoms with van der Waals surface area (Å²) in [6, 6.07) is 2.05. The summed E-state index contributed by atoms with van der Waals surface area (Å²) in [5, 5.41) is 9.09. The molecule has 0 unspecified atom stereocenters. The Labute approximate surface area is 150 Å². The Hall–Kier alpha value is -2.69. The number of ether oxygens (including phenoxy) is 2. The Morgan fingerprint density at radius 3 is 1.81 bits per heavy atom. The highest BCUT2D eigenvalue weighted by molar-refractivity contribution is 9.10. The van der Waals surface area contributed by atoms with Crippen LogP contribution in [0, 0.1) is 29.1 Å². The topological polar surface area (TPSA) is 72.8 Å². The normalized spacial score (nSPS) is 10.6. The van der Waals surface area contributed by atoms with Crippen molar-refractivity contribution in [1.29, 1.82) is 0 Å². The third kappa shape index (κ3) is 3.34. The zero-order chi connectivity index (χ0) is 19.8. The summed E-state index contributed by atoms with van der Waals surface area (Å²) < 4.78 is 75.7. The van der Waals surface area contributed by atoms with E-state index in [-0.39, 0.29) is 4.47 Å². The lowest BCUT2D eigenvalue weighted by molar-refractivity contribution is 0.0692. The molecule has 26 heavy (non-hydrogen) atoms. The summed E-state index contributed by atoms with van der Waals surface area (Å²) in [5.41, 5.74) is -1.13. The second-order valence-corrected chi connectivity index (χ2v) is 5.54. The van der Waals surface area contributed by atoms with Gasteiger partial charge < -0.3 is 14.6 Å². The van der Waals surface area contributed by atoms with Crippen molar-refractivity contribution in [3.63, 3.8) is 0 Å². The molecule has 0 amide bonds. The molecule has 0 aliphatic heterocycles. The maximum Gasteiger partial charge on any atom is 0.347 e. The molecule has 5 nitrogen and oxygen atoms in total. The largest absolute Gasteiger partial charge is 0.495 e. The van der Waals surface area contributed by atoms with Crippen LogP contribution in [0.25, 0.3) is 0 Å². The van der Waals surface area contributed by atoms with Crippen LogP contribution in [0.3, 0.4) is 0 Å². The van der Waals surface area contributed by atoms with Crippen molar-refractivity contribution in [2.75, 3.05) is 7.11 Å². The van der Waals surface area contributed by atoms with Crippen molar-refractivity contribution in [1.82, 2.24) is 0 Å². The fourth-order valence-electron chi connectivity index (χ4n) is 1.95. The lowest BCUT2D eigenvalue weighted by Gasteiger charge is -2.13. The van der Waals surface area contributed by atoms with Crippen molar-refractivity contribution in [2.45, 2.75) is 0 Å². The van der Waals surface area contributed by atoms with E-state index < -0.39 is 63.7 Å². The standard InChI is InChI=1S/C15H6BrF5O5/c1-25-12-5(14(22)23)2-4(16)3-6(12)15(24)26-13-10(20)8(18)7(17)9(19)11(13)21/h2-3H,1H3,(H,22,23). The summed E-state index contributed by atoms with van der Waals surface area (Å²) >= 11 is 2.92. The molecule has 0 aliphatic carbocycles. The Balaban J connectivity index is 2.58. The molecule has 0 saturated carbocycles. The first-order valence-corrected chi connectivity index (χ1v) is 7.23. The number of carboxylic acid groups (broad SMARTS) is 1. The van der Waals surface area contributed by atoms with Crippen molar-refractivity contribution in [3.05, 3.63) is 56.8 Å². The van der Waals surface area contributed by atoms with Gasteiger partial charge in [-0.05, 0) is 12.1 Å². The molecule has 0 heterocycles. The van der Waals surface area contributed by atoms with E-state index in [9.17, 15) is 31.5 Å². The molecule has 0 aliphatic rings. The van der Waals surface area contributed by atoms with Crippen LogP contribution in [0.4, 0.5) is 22.0 Å². The molecule has 0 radical (unpaired) electrons. The van der Waals surface area contributed by atoms with E-state index in [1.807, 2.05) is 0 Å². The van der Waals surface area contributed by atoms with E-state index in [4.69, 9.17) is 9.84 Å². The van der Waals surface area contributed by atoms with Gasteiger partial charge in [-0.25, -0.2) is 22.8 Å². The van der Waals surface area contributed by atoms with Crippen LogP contribution in [0.5, 0.6) is 11.5 Å². The smallest absolute Gasteiger partial charge is 0.347 e. The zero-order valence-corrected chi connectivity index (χ0v) is 14.1. The Morgan fingerprint density at radius 2 is 1.35 bits per heavy atom. The van der Waals surface area contributed by atoms with Crippen LogP contribution in [0.15, 0.2) is 16.6 Å². The third-order valence-corrected chi connectivity index (χ3v) is 3.53. The Morgan fingerprint density at radius 1 is 0.885 bits per heavy atom. The lowest BCUT2D eigenvalue weighted by Crippen LogP contribution is -2.16. The number of esters is 1. The number of carboxylic acids is 1. The SMILES string of the molecule is COc1c(C(=O)O)cc(Br)cc1C(=O)Oc1c(F)c(F)c(F)c(F)c1F. The van der Waals surface area contributed by atoms with Crippen molar-refractivity contribution in [3.8, 4) is 11.5 Å².